The highest BCUT2D eigenvalue weighted by molar-refractivity contribution is 5.94. The van der Waals surface area contributed by atoms with Crippen molar-refractivity contribution in [1.29, 1.82) is 0 Å². The summed E-state index contributed by atoms with van der Waals surface area (Å²) < 4.78 is 3.47. The van der Waals surface area contributed by atoms with Crippen molar-refractivity contribution in [3.63, 3.8) is 0 Å². The van der Waals surface area contributed by atoms with E-state index in [0.717, 1.165) is 61.3 Å². The lowest BCUT2D eigenvalue weighted by Crippen LogP contribution is -2.25. The molecule has 0 fully saturated rings. The number of unbranched alkanes of at least 4 members (excludes halogenated alkanes) is 6. The van der Waals surface area contributed by atoms with Gasteiger partial charge in [0.15, 0.2) is 0 Å². The van der Waals surface area contributed by atoms with E-state index in [1.807, 2.05) is 24.5 Å². The maximum absolute atomic E-state index is 12.4. The lowest BCUT2D eigenvalue weighted by atomic mass is 10.1. The minimum Gasteiger partial charge on any atom is -0.379 e. The van der Waals surface area contributed by atoms with Crippen molar-refractivity contribution in [2.75, 3.05) is 18.4 Å². The van der Waals surface area contributed by atoms with Gasteiger partial charge in [-0.3, -0.25) is 39.0 Å². The van der Waals surface area contributed by atoms with Crippen molar-refractivity contribution >= 4 is 29.3 Å². The van der Waals surface area contributed by atoms with Crippen LogP contribution in [0, 0.1) is 0 Å². The molecule has 2 heterocycles. The minimum absolute atomic E-state index is 0.143. The number of anilines is 1. The van der Waals surface area contributed by atoms with Gasteiger partial charge in [-0.25, -0.2) is 11.0 Å². The van der Waals surface area contributed by atoms with Crippen LogP contribution in [-0.2, 0) is 40.6 Å². The molecule has 3 aromatic rings. The first kappa shape index (κ1) is 43.5. The van der Waals surface area contributed by atoms with Gasteiger partial charge in [-0.15, -0.1) is 10.2 Å². The number of nitrogens with zero attached hydrogens (tertiary/aromatic N) is 6. The standard InChI is InChI=1S/C37H54N12O6/c1-3-30(17-14-28(2)36(52)38-20-10-6-4-8-12-34(50)44-54)40-24-32-26-48(46-42-32)22-23-49-27-33(43-47-49)25-41-31-18-15-29(16-19-31)37(53)39-21-11-7-5-9-13-35(51)45-55/h3,14-19,26-27,40-41,54-55H,1,4-13,20-25H2,2H3,(H,38,52)(H,39,53)(H,44,50)(H,45,51)/b28-14+,30-17+. The highest BCUT2D eigenvalue weighted by Crippen LogP contribution is 2.11. The summed E-state index contributed by atoms with van der Waals surface area (Å²) in [6.07, 6.45) is 15.9. The molecule has 0 bridgehead atoms. The molecule has 4 amide bonds. The van der Waals surface area contributed by atoms with E-state index in [2.05, 4.69) is 48.5 Å². The number of hydrogen-bond donors (Lipinski definition) is 8. The van der Waals surface area contributed by atoms with Crippen LogP contribution >= 0.6 is 0 Å². The summed E-state index contributed by atoms with van der Waals surface area (Å²) in [7, 11) is 0. The molecule has 0 aliphatic rings. The van der Waals surface area contributed by atoms with E-state index in [0.29, 0.717) is 63.2 Å². The average molecular weight is 763 g/mol. The molecule has 0 spiro atoms. The van der Waals surface area contributed by atoms with Gasteiger partial charge in [0, 0.05) is 48.5 Å². The summed E-state index contributed by atoms with van der Waals surface area (Å²) >= 11 is 0. The quantitative estimate of drug-likeness (QED) is 0.0184. The summed E-state index contributed by atoms with van der Waals surface area (Å²) in [6.45, 7) is 8.63. The van der Waals surface area contributed by atoms with E-state index in [1.54, 1.807) is 57.6 Å². The van der Waals surface area contributed by atoms with Crippen molar-refractivity contribution < 1.29 is 29.6 Å². The van der Waals surface area contributed by atoms with E-state index >= 15 is 0 Å². The predicted octanol–water partition coefficient (Wildman–Crippen LogP) is 3.05. The fourth-order valence-electron chi connectivity index (χ4n) is 5.16. The van der Waals surface area contributed by atoms with E-state index < -0.39 is 0 Å². The van der Waals surface area contributed by atoms with Crippen LogP contribution < -0.4 is 32.2 Å². The Bertz CT molecular complexity index is 1720. The normalized spacial score (nSPS) is 11.5. The van der Waals surface area contributed by atoms with E-state index in [4.69, 9.17) is 10.4 Å². The third-order valence-electron chi connectivity index (χ3n) is 8.40. The first-order valence-corrected chi connectivity index (χ1v) is 18.5. The predicted molar refractivity (Wildman–Crippen MR) is 204 cm³/mol. The van der Waals surface area contributed by atoms with Crippen LogP contribution in [0.1, 0.15) is 92.9 Å². The second-order valence-corrected chi connectivity index (χ2v) is 12.8. The number of hydrogen-bond acceptors (Lipinski definition) is 12. The van der Waals surface area contributed by atoms with E-state index in [1.165, 1.54) is 0 Å². The molecule has 298 valence electrons. The number of allylic oxidation sites excluding steroid dienone is 3. The Hall–Kier alpha value is -5.88. The van der Waals surface area contributed by atoms with Crippen molar-refractivity contribution in [2.45, 2.75) is 97.3 Å². The molecule has 0 atom stereocenters. The highest BCUT2D eigenvalue weighted by Gasteiger charge is 2.08. The molecule has 0 saturated heterocycles. The van der Waals surface area contributed by atoms with Crippen molar-refractivity contribution in [1.82, 2.24) is 56.9 Å². The fraction of sp³-hybridized carbons (Fsp3) is 0.459. The zero-order chi connectivity index (χ0) is 39.7. The Morgan fingerprint density at radius 1 is 0.709 bits per heavy atom. The molecule has 18 heteroatoms. The molecule has 1 aromatic carbocycles. The molecular weight excluding hydrogens is 708 g/mol. The minimum atomic E-state index is -0.388. The topological polar surface area (TPSA) is 242 Å². The number of amides is 4. The molecule has 0 aliphatic carbocycles. The molecule has 8 N–H and O–H groups in total. The number of rotatable bonds is 27. The van der Waals surface area contributed by atoms with Crippen molar-refractivity contribution in [3.8, 4) is 0 Å². The molecule has 55 heavy (non-hydrogen) atoms. The van der Waals surface area contributed by atoms with Crippen LogP contribution in [0.25, 0.3) is 0 Å². The first-order valence-electron chi connectivity index (χ1n) is 18.5. The summed E-state index contributed by atoms with van der Waals surface area (Å²) in [5, 5.41) is 46.2. The number of aryl methyl sites for hydroxylation is 2. The molecular formula is C37H54N12O6. The van der Waals surface area contributed by atoms with Gasteiger partial charge >= 0.3 is 0 Å². The smallest absolute Gasteiger partial charge is 0.251 e. The van der Waals surface area contributed by atoms with E-state index in [-0.39, 0.29) is 36.5 Å². The average Bonchev–Trinajstić information content (AvgIpc) is 3.87. The highest BCUT2D eigenvalue weighted by atomic mass is 16.5. The number of carbonyl (C=O) groups is 4. The van der Waals surface area contributed by atoms with Crippen LogP contribution in [0.4, 0.5) is 5.69 Å². The van der Waals surface area contributed by atoms with Crippen LogP contribution in [0.15, 0.2) is 72.7 Å². The molecule has 0 aliphatic heterocycles. The molecule has 3 rings (SSSR count). The molecule has 0 saturated carbocycles. The van der Waals surface area contributed by atoms with Gasteiger partial charge in [0.25, 0.3) is 5.91 Å². The van der Waals surface area contributed by atoms with Crippen molar-refractivity contribution in [2.24, 2.45) is 0 Å². The summed E-state index contributed by atoms with van der Waals surface area (Å²) in [5.74, 6) is -1.07. The van der Waals surface area contributed by atoms with Crippen LogP contribution in [0.2, 0.25) is 0 Å². The fourth-order valence-corrected chi connectivity index (χ4v) is 5.16. The van der Waals surface area contributed by atoms with Crippen molar-refractivity contribution in [3.05, 3.63) is 89.7 Å². The maximum Gasteiger partial charge on any atom is 0.251 e. The number of carbonyl (C=O) groups excluding carboxylic acids is 4. The van der Waals surface area contributed by atoms with Gasteiger partial charge in [-0.2, -0.15) is 0 Å². The third kappa shape index (κ3) is 17.7. The summed E-state index contributed by atoms with van der Waals surface area (Å²) in [5.41, 5.74) is 7.42. The van der Waals surface area contributed by atoms with Gasteiger partial charge in [-0.1, -0.05) is 48.8 Å². The number of hydroxylamine groups is 2. The lowest BCUT2D eigenvalue weighted by Gasteiger charge is -2.07. The molecule has 2 aromatic heterocycles. The van der Waals surface area contributed by atoms with Gasteiger partial charge in [0.05, 0.1) is 38.6 Å². The van der Waals surface area contributed by atoms with Gasteiger partial charge in [0.2, 0.25) is 17.7 Å². The van der Waals surface area contributed by atoms with Gasteiger partial charge < -0.3 is 21.3 Å². The lowest BCUT2D eigenvalue weighted by molar-refractivity contribution is -0.130. The zero-order valence-electron chi connectivity index (χ0n) is 31.4. The van der Waals surface area contributed by atoms with Crippen LogP contribution in [0.5, 0.6) is 0 Å². The van der Waals surface area contributed by atoms with Gasteiger partial charge in [0.1, 0.15) is 11.4 Å². The first-order chi connectivity index (χ1) is 26.7. The number of nitrogens with one attached hydrogen (secondary N) is 6. The second kappa shape index (κ2) is 25.2. The monoisotopic (exact) mass is 762 g/mol. The van der Waals surface area contributed by atoms with E-state index in [9.17, 15) is 19.2 Å². The summed E-state index contributed by atoms with van der Waals surface area (Å²) in [6, 6.07) is 7.21. The van der Waals surface area contributed by atoms with Gasteiger partial charge in [-0.05, 0) is 69.0 Å². The molecule has 18 nitrogen and oxygen atoms in total. The second-order valence-electron chi connectivity index (χ2n) is 12.8. The Labute approximate surface area is 320 Å². The Kier molecular flexibility index (Phi) is 19.9. The Balaban J connectivity index is 1.31. The third-order valence-corrected chi connectivity index (χ3v) is 8.40. The van der Waals surface area contributed by atoms with Crippen LogP contribution in [-0.4, -0.2) is 77.1 Å². The summed E-state index contributed by atoms with van der Waals surface area (Å²) in [4.78, 5) is 46.9. The van der Waals surface area contributed by atoms with Crippen LogP contribution in [0.3, 0.4) is 0 Å². The molecule has 0 unspecified atom stereocenters. The zero-order valence-corrected chi connectivity index (χ0v) is 31.4. The molecule has 0 radical (unpaired) electrons. The SMILES string of the molecule is C=C/C(=C\C=C(/C)C(=O)NCCCCCCC(=O)NO)NCc1cn(CCn2cc(CNc3ccc(C(=O)NCCCCCCC(=O)NO)cc3)nn2)nn1. The largest absolute Gasteiger partial charge is 0.379 e. The number of aromatic nitrogens is 6. The number of benzene rings is 1. The Morgan fingerprint density at radius 3 is 1.82 bits per heavy atom. The Morgan fingerprint density at radius 2 is 1.25 bits per heavy atom. The maximum atomic E-state index is 12.4.